The van der Waals surface area contributed by atoms with Crippen LogP contribution < -0.4 is 9.64 Å². The lowest BCUT2D eigenvalue weighted by Crippen LogP contribution is -2.41. The van der Waals surface area contributed by atoms with Crippen LogP contribution in [0.15, 0.2) is 59.1 Å². The maximum absolute atomic E-state index is 12.8. The molecule has 0 atom stereocenters. The van der Waals surface area contributed by atoms with E-state index in [1.54, 1.807) is 12.0 Å². The lowest BCUT2D eigenvalue weighted by molar-refractivity contribution is -0.123. The predicted molar refractivity (Wildman–Crippen MR) is 114 cm³/mol. The minimum atomic E-state index is 0.0454. The van der Waals surface area contributed by atoms with Gasteiger partial charge in [0.05, 0.1) is 13.7 Å². The maximum Gasteiger partial charge on any atom is 0.241 e. The third-order valence-corrected chi connectivity index (χ3v) is 5.59. The van der Waals surface area contributed by atoms with Gasteiger partial charge in [-0.25, -0.2) is 0 Å². The molecule has 0 unspecified atom stereocenters. The number of hydrogen-bond donors (Lipinski definition) is 0. The van der Waals surface area contributed by atoms with E-state index in [4.69, 9.17) is 9.26 Å². The van der Waals surface area contributed by atoms with Crippen LogP contribution in [0.5, 0.6) is 5.75 Å². The van der Waals surface area contributed by atoms with Crippen LogP contribution in [0.1, 0.15) is 18.7 Å². The van der Waals surface area contributed by atoms with Crippen LogP contribution in [0.2, 0.25) is 0 Å². The van der Waals surface area contributed by atoms with E-state index in [-0.39, 0.29) is 11.8 Å². The van der Waals surface area contributed by atoms with Gasteiger partial charge in [0.15, 0.2) is 0 Å². The van der Waals surface area contributed by atoms with Gasteiger partial charge in [-0.05, 0) is 62.3 Å². The van der Waals surface area contributed by atoms with Crippen molar-refractivity contribution in [3.8, 4) is 17.1 Å². The van der Waals surface area contributed by atoms with Gasteiger partial charge in [0, 0.05) is 24.2 Å². The summed E-state index contributed by atoms with van der Waals surface area (Å²) in [4.78, 5) is 21.4. The Balaban J connectivity index is 1.31. The van der Waals surface area contributed by atoms with Crippen molar-refractivity contribution >= 4 is 11.6 Å². The number of para-hydroxylation sites is 1. The molecule has 4 rings (SSSR count). The van der Waals surface area contributed by atoms with Gasteiger partial charge in [-0.15, -0.1) is 0 Å². The molecule has 2 heterocycles. The topological polar surface area (TPSA) is 71.7 Å². The van der Waals surface area contributed by atoms with E-state index in [2.05, 4.69) is 15.0 Å². The Kier molecular flexibility index (Phi) is 6.09. The number of rotatable bonds is 6. The molecule has 0 bridgehead atoms. The molecule has 1 aliphatic rings. The minimum Gasteiger partial charge on any atom is -0.497 e. The normalized spacial score (nSPS) is 15.1. The number of piperidine rings is 1. The van der Waals surface area contributed by atoms with Crippen molar-refractivity contribution < 1.29 is 14.1 Å². The zero-order valence-electron chi connectivity index (χ0n) is 17.3. The molecule has 1 saturated heterocycles. The lowest BCUT2D eigenvalue weighted by atomic mass is 9.95. The van der Waals surface area contributed by atoms with Crippen molar-refractivity contribution in [3.63, 3.8) is 0 Å². The quantitative estimate of drug-likeness (QED) is 0.623. The number of likely N-dealkylation sites (tertiary alicyclic amines) is 1. The van der Waals surface area contributed by atoms with Crippen molar-refractivity contribution in [1.82, 2.24) is 15.0 Å². The molecule has 156 valence electrons. The number of carbonyl (C=O) groups excluding carboxylic acids is 1. The van der Waals surface area contributed by atoms with Crippen molar-refractivity contribution in [1.29, 1.82) is 0 Å². The zero-order chi connectivity index (χ0) is 20.9. The molecule has 0 spiro atoms. The third kappa shape index (κ3) is 4.52. The summed E-state index contributed by atoms with van der Waals surface area (Å²) in [6.07, 6.45) is 1.66. The van der Waals surface area contributed by atoms with Gasteiger partial charge < -0.3 is 14.2 Å². The summed E-state index contributed by atoms with van der Waals surface area (Å²) >= 11 is 0. The number of hydrogen-bond acceptors (Lipinski definition) is 6. The second-order valence-corrected chi connectivity index (χ2v) is 7.52. The first kappa shape index (κ1) is 20.1. The fraction of sp³-hybridized carbons (Fsp3) is 0.348. The molecule has 3 aromatic rings. The molecule has 0 saturated carbocycles. The van der Waals surface area contributed by atoms with Crippen molar-refractivity contribution in [2.75, 3.05) is 32.1 Å². The van der Waals surface area contributed by atoms with E-state index in [1.807, 2.05) is 61.6 Å². The molecule has 1 aromatic heterocycles. The first-order valence-corrected chi connectivity index (χ1v) is 10.2. The average Bonchev–Trinajstić information content (AvgIpc) is 3.27. The molecule has 2 aromatic carbocycles. The summed E-state index contributed by atoms with van der Waals surface area (Å²) in [5.41, 5.74) is 1.82. The Morgan fingerprint density at radius 1 is 1.13 bits per heavy atom. The maximum atomic E-state index is 12.8. The summed E-state index contributed by atoms with van der Waals surface area (Å²) < 4.78 is 10.6. The van der Waals surface area contributed by atoms with Gasteiger partial charge >= 0.3 is 0 Å². The number of ether oxygens (including phenoxy) is 1. The fourth-order valence-corrected chi connectivity index (χ4v) is 3.76. The number of aromatic nitrogens is 2. The largest absolute Gasteiger partial charge is 0.497 e. The number of carbonyl (C=O) groups is 1. The molecule has 0 N–H and O–H groups in total. The molecule has 1 fully saturated rings. The van der Waals surface area contributed by atoms with Crippen LogP contribution in [0.25, 0.3) is 11.4 Å². The monoisotopic (exact) mass is 406 g/mol. The summed E-state index contributed by atoms with van der Waals surface area (Å²) in [5, 5.41) is 4.09. The molecule has 1 amide bonds. The Labute approximate surface area is 176 Å². The molecular formula is C23H26N4O3. The smallest absolute Gasteiger partial charge is 0.241 e. The highest BCUT2D eigenvalue weighted by Crippen LogP contribution is 2.24. The average molecular weight is 406 g/mol. The second-order valence-electron chi connectivity index (χ2n) is 7.52. The summed E-state index contributed by atoms with van der Waals surface area (Å²) in [6, 6.07) is 17.4. The molecular weight excluding hydrogens is 380 g/mol. The van der Waals surface area contributed by atoms with Gasteiger partial charge in [0.1, 0.15) is 5.75 Å². The van der Waals surface area contributed by atoms with E-state index in [0.717, 1.165) is 42.9 Å². The van der Waals surface area contributed by atoms with Gasteiger partial charge in [-0.3, -0.25) is 9.69 Å². The molecule has 30 heavy (non-hydrogen) atoms. The Hall–Kier alpha value is -3.19. The van der Waals surface area contributed by atoms with E-state index in [1.165, 1.54) is 0 Å². The van der Waals surface area contributed by atoms with E-state index in [9.17, 15) is 4.79 Å². The SMILES string of the molecule is COc1ccc(-c2noc(CN3CCC(C(=O)N(C)c4ccccc4)CC3)n2)cc1. The first-order chi connectivity index (χ1) is 14.6. The van der Waals surface area contributed by atoms with Crippen molar-refractivity contribution in [3.05, 3.63) is 60.5 Å². The first-order valence-electron chi connectivity index (χ1n) is 10.2. The summed E-state index contributed by atoms with van der Waals surface area (Å²) in [6.45, 7) is 2.26. The zero-order valence-corrected chi connectivity index (χ0v) is 17.3. The van der Waals surface area contributed by atoms with E-state index >= 15 is 0 Å². The van der Waals surface area contributed by atoms with Gasteiger partial charge in [-0.1, -0.05) is 23.4 Å². The lowest BCUT2D eigenvalue weighted by Gasteiger charge is -2.32. The predicted octanol–water partition coefficient (Wildman–Crippen LogP) is 3.62. The number of anilines is 1. The highest BCUT2D eigenvalue weighted by Gasteiger charge is 2.28. The van der Waals surface area contributed by atoms with Gasteiger partial charge in [-0.2, -0.15) is 4.98 Å². The highest BCUT2D eigenvalue weighted by molar-refractivity contribution is 5.94. The van der Waals surface area contributed by atoms with Gasteiger partial charge in [0.25, 0.3) is 0 Å². The molecule has 0 aliphatic carbocycles. The molecule has 1 aliphatic heterocycles. The fourth-order valence-electron chi connectivity index (χ4n) is 3.76. The standard InChI is InChI=1S/C23H26N4O3/c1-26(19-6-4-3-5-7-19)23(28)18-12-14-27(15-13-18)16-21-24-22(25-30-21)17-8-10-20(29-2)11-9-17/h3-11,18H,12-16H2,1-2H3. The number of nitrogens with zero attached hydrogens (tertiary/aromatic N) is 4. The Morgan fingerprint density at radius 3 is 2.50 bits per heavy atom. The Bertz CT molecular complexity index is 964. The number of benzene rings is 2. The van der Waals surface area contributed by atoms with Crippen molar-refractivity contribution in [2.45, 2.75) is 19.4 Å². The van der Waals surface area contributed by atoms with Gasteiger partial charge in [0.2, 0.25) is 17.6 Å². The van der Waals surface area contributed by atoms with Crippen LogP contribution in [0.4, 0.5) is 5.69 Å². The molecule has 0 radical (unpaired) electrons. The molecule has 7 nitrogen and oxygen atoms in total. The number of methoxy groups -OCH3 is 1. The highest BCUT2D eigenvalue weighted by atomic mass is 16.5. The van der Waals surface area contributed by atoms with Crippen molar-refractivity contribution in [2.24, 2.45) is 5.92 Å². The van der Waals surface area contributed by atoms with Crippen LogP contribution in [0.3, 0.4) is 0 Å². The van der Waals surface area contributed by atoms with Crippen LogP contribution in [0, 0.1) is 5.92 Å². The van der Waals surface area contributed by atoms with E-state index in [0.29, 0.717) is 18.3 Å². The number of amides is 1. The summed E-state index contributed by atoms with van der Waals surface area (Å²) in [5.74, 6) is 2.18. The second kappa shape index (κ2) is 9.09. The third-order valence-electron chi connectivity index (χ3n) is 5.59. The minimum absolute atomic E-state index is 0.0454. The van der Waals surface area contributed by atoms with E-state index < -0.39 is 0 Å². The van der Waals surface area contributed by atoms with Crippen LogP contribution in [-0.4, -0.2) is 48.2 Å². The van der Waals surface area contributed by atoms with Crippen LogP contribution in [-0.2, 0) is 11.3 Å². The Morgan fingerprint density at radius 2 is 1.83 bits per heavy atom. The van der Waals surface area contributed by atoms with Crippen LogP contribution >= 0.6 is 0 Å². The summed E-state index contributed by atoms with van der Waals surface area (Å²) in [7, 11) is 3.49. The molecule has 7 heteroatoms.